The molecule has 0 spiro atoms. The summed E-state index contributed by atoms with van der Waals surface area (Å²) in [7, 11) is 0. The maximum Gasteiger partial charge on any atom is 0.243 e. The second-order valence-electron chi connectivity index (χ2n) is 4.54. The molecule has 3 rings (SSSR count). The molecule has 6 heteroatoms. The lowest BCUT2D eigenvalue weighted by atomic mass is 10.2. The number of pyridine rings is 1. The van der Waals surface area contributed by atoms with Crippen molar-refractivity contribution in [2.75, 3.05) is 5.32 Å². The van der Waals surface area contributed by atoms with Crippen molar-refractivity contribution in [2.24, 2.45) is 0 Å². The van der Waals surface area contributed by atoms with Crippen LogP contribution in [0, 0.1) is 12.7 Å². The Hall–Kier alpha value is -2.14. The Kier molecular flexibility index (Phi) is 3.28. The summed E-state index contributed by atoms with van der Waals surface area (Å²) in [4.78, 5) is 4.36. The fourth-order valence-electron chi connectivity index (χ4n) is 1.89. The van der Waals surface area contributed by atoms with Gasteiger partial charge in [-0.05, 0) is 42.3 Å². The quantitative estimate of drug-likeness (QED) is 0.803. The highest BCUT2D eigenvalue weighted by Crippen LogP contribution is 2.17. The van der Waals surface area contributed by atoms with Gasteiger partial charge in [0.25, 0.3) is 0 Å². The normalized spacial score (nSPS) is 10.9. The number of benzene rings is 1. The average molecular weight is 291 g/mol. The van der Waals surface area contributed by atoms with Crippen LogP contribution in [0.4, 0.5) is 10.3 Å². The fourth-order valence-corrected chi connectivity index (χ4v) is 2.09. The first kappa shape index (κ1) is 12.9. The monoisotopic (exact) mass is 290 g/mol. The zero-order valence-corrected chi connectivity index (χ0v) is 11.5. The van der Waals surface area contributed by atoms with Crippen molar-refractivity contribution < 1.29 is 4.39 Å². The van der Waals surface area contributed by atoms with Crippen LogP contribution in [0.15, 0.2) is 36.5 Å². The minimum atomic E-state index is -0.420. The van der Waals surface area contributed by atoms with Crippen LogP contribution in [-0.2, 0) is 6.54 Å². The van der Waals surface area contributed by atoms with E-state index in [2.05, 4.69) is 15.4 Å². The fraction of sp³-hybridized carbons (Fsp3) is 0.143. The van der Waals surface area contributed by atoms with Crippen molar-refractivity contribution in [1.82, 2.24) is 14.6 Å². The van der Waals surface area contributed by atoms with E-state index in [-0.39, 0.29) is 5.02 Å². The molecule has 0 unspecified atom stereocenters. The molecule has 0 atom stereocenters. The number of halogens is 2. The van der Waals surface area contributed by atoms with Crippen LogP contribution in [0.5, 0.6) is 0 Å². The van der Waals surface area contributed by atoms with Gasteiger partial charge < -0.3 is 5.32 Å². The maximum absolute atomic E-state index is 13.1. The maximum atomic E-state index is 13.1. The lowest BCUT2D eigenvalue weighted by Gasteiger charge is -2.03. The zero-order valence-electron chi connectivity index (χ0n) is 10.8. The Bertz CT molecular complexity index is 769. The summed E-state index contributed by atoms with van der Waals surface area (Å²) in [6.45, 7) is 2.48. The lowest BCUT2D eigenvalue weighted by molar-refractivity contribution is 0.627. The average Bonchev–Trinajstić information content (AvgIpc) is 2.82. The largest absolute Gasteiger partial charge is 0.349 e. The Morgan fingerprint density at radius 3 is 2.95 bits per heavy atom. The van der Waals surface area contributed by atoms with E-state index in [1.165, 1.54) is 6.07 Å². The summed E-state index contributed by atoms with van der Waals surface area (Å²) in [5.41, 5.74) is 2.78. The minimum Gasteiger partial charge on any atom is -0.349 e. The minimum absolute atomic E-state index is 0.114. The summed E-state index contributed by atoms with van der Waals surface area (Å²) >= 11 is 5.74. The van der Waals surface area contributed by atoms with Gasteiger partial charge in [0.2, 0.25) is 5.95 Å². The summed E-state index contributed by atoms with van der Waals surface area (Å²) < 4.78 is 14.8. The summed E-state index contributed by atoms with van der Waals surface area (Å²) in [5.74, 6) is 0.104. The number of rotatable bonds is 3. The van der Waals surface area contributed by atoms with Gasteiger partial charge in [-0.25, -0.2) is 8.91 Å². The topological polar surface area (TPSA) is 42.2 Å². The van der Waals surface area contributed by atoms with Crippen LogP contribution in [0.3, 0.4) is 0 Å². The van der Waals surface area contributed by atoms with E-state index in [0.717, 1.165) is 16.8 Å². The van der Waals surface area contributed by atoms with Crippen LogP contribution < -0.4 is 5.32 Å². The molecule has 0 aliphatic heterocycles. The predicted octanol–water partition coefficient (Wildman–Crippen LogP) is 3.44. The third-order valence-electron chi connectivity index (χ3n) is 2.93. The van der Waals surface area contributed by atoms with Crippen LogP contribution in [0.1, 0.15) is 11.1 Å². The standard InChI is InChI=1S/C14H12ClFN4/c1-9-4-5-20-13(6-9)18-14(19-20)17-8-10-2-3-12(16)11(15)7-10/h2-7H,8H2,1H3,(H,17,19). The van der Waals surface area contributed by atoms with E-state index in [4.69, 9.17) is 11.6 Å². The van der Waals surface area contributed by atoms with Gasteiger partial charge >= 0.3 is 0 Å². The van der Waals surface area contributed by atoms with Crippen molar-refractivity contribution in [1.29, 1.82) is 0 Å². The van der Waals surface area contributed by atoms with Crippen molar-refractivity contribution in [3.63, 3.8) is 0 Å². The highest BCUT2D eigenvalue weighted by molar-refractivity contribution is 6.30. The molecule has 0 fully saturated rings. The second-order valence-corrected chi connectivity index (χ2v) is 4.95. The Morgan fingerprint density at radius 1 is 1.30 bits per heavy atom. The molecular weight excluding hydrogens is 279 g/mol. The van der Waals surface area contributed by atoms with Gasteiger partial charge in [0.05, 0.1) is 5.02 Å². The van der Waals surface area contributed by atoms with E-state index < -0.39 is 5.82 Å². The van der Waals surface area contributed by atoms with E-state index in [9.17, 15) is 4.39 Å². The first-order valence-electron chi connectivity index (χ1n) is 6.13. The number of aromatic nitrogens is 3. The Labute approximate surface area is 120 Å². The smallest absolute Gasteiger partial charge is 0.243 e. The van der Waals surface area contributed by atoms with Crippen molar-refractivity contribution >= 4 is 23.2 Å². The lowest BCUT2D eigenvalue weighted by Crippen LogP contribution is -2.01. The molecule has 0 aliphatic rings. The van der Waals surface area contributed by atoms with Gasteiger partial charge in [-0.15, -0.1) is 5.10 Å². The number of nitrogens with zero attached hydrogens (tertiary/aromatic N) is 3. The highest BCUT2D eigenvalue weighted by atomic mass is 35.5. The molecule has 20 heavy (non-hydrogen) atoms. The predicted molar refractivity (Wildman–Crippen MR) is 76.5 cm³/mol. The summed E-state index contributed by atoms with van der Waals surface area (Å²) in [6.07, 6.45) is 1.86. The number of hydrogen-bond acceptors (Lipinski definition) is 3. The first-order valence-corrected chi connectivity index (χ1v) is 6.50. The van der Waals surface area contributed by atoms with E-state index in [1.54, 1.807) is 16.6 Å². The summed E-state index contributed by atoms with van der Waals surface area (Å²) in [6, 6.07) is 8.52. The second kappa shape index (κ2) is 5.09. The van der Waals surface area contributed by atoms with E-state index in [1.807, 2.05) is 25.3 Å². The number of aryl methyl sites for hydroxylation is 1. The number of hydrogen-bond donors (Lipinski definition) is 1. The van der Waals surface area contributed by atoms with Crippen LogP contribution in [0.2, 0.25) is 5.02 Å². The molecule has 0 saturated carbocycles. The third kappa shape index (κ3) is 2.58. The molecule has 0 amide bonds. The van der Waals surface area contributed by atoms with E-state index >= 15 is 0 Å². The molecule has 0 radical (unpaired) electrons. The SMILES string of the molecule is Cc1ccn2nc(NCc3ccc(F)c(Cl)c3)nc2c1. The number of nitrogens with one attached hydrogen (secondary N) is 1. The van der Waals surface area contributed by atoms with Crippen molar-refractivity contribution in [3.8, 4) is 0 Å². The summed E-state index contributed by atoms with van der Waals surface area (Å²) in [5, 5.41) is 7.50. The Morgan fingerprint density at radius 2 is 2.15 bits per heavy atom. The Balaban J connectivity index is 1.77. The molecule has 2 heterocycles. The van der Waals surface area contributed by atoms with Gasteiger partial charge in [0, 0.05) is 12.7 Å². The van der Waals surface area contributed by atoms with Crippen molar-refractivity contribution in [3.05, 3.63) is 58.5 Å². The van der Waals surface area contributed by atoms with Crippen LogP contribution in [-0.4, -0.2) is 14.6 Å². The molecule has 2 aromatic heterocycles. The molecule has 1 N–H and O–H groups in total. The molecular formula is C14H12ClFN4. The van der Waals surface area contributed by atoms with E-state index in [0.29, 0.717) is 12.5 Å². The number of anilines is 1. The van der Waals surface area contributed by atoms with Crippen molar-refractivity contribution in [2.45, 2.75) is 13.5 Å². The third-order valence-corrected chi connectivity index (χ3v) is 3.22. The zero-order chi connectivity index (χ0) is 14.1. The first-order chi connectivity index (χ1) is 9.61. The molecule has 3 aromatic rings. The molecule has 102 valence electrons. The molecule has 1 aromatic carbocycles. The van der Waals surface area contributed by atoms with Crippen LogP contribution >= 0.6 is 11.6 Å². The van der Waals surface area contributed by atoms with Gasteiger partial charge in [0.15, 0.2) is 5.65 Å². The van der Waals surface area contributed by atoms with Gasteiger partial charge in [-0.1, -0.05) is 17.7 Å². The molecule has 0 aliphatic carbocycles. The highest BCUT2D eigenvalue weighted by Gasteiger charge is 2.05. The molecule has 0 bridgehead atoms. The van der Waals surface area contributed by atoms with Crippen LogP contribution in [0.25, 0.3) is 5.65 Å². The van der Waals surface area contributed by atoms with Gasteiger partial charge in [-0.3, -0.25) is 0 Å². The molecule has 0 saturated heterocycles. The van der Waals surface area contributed by atoms with Gasteiger partial charge in [-0.2, -0.15) is 4.98 Å². The molecule has 4 nitrogen and oxygen atoms in total. The van der Waals surface area contributed by atoms with Gasteiger partial charge in [0.1, 0.15) is 5.82 Å². The number of fused-ring (bicyclic) bond motifs is 1.